The Morgan fingerprint density at radius 2 is 1.72 bits per heavy atom. The summed E-state index contributed by atoms with van der Waals surface area (Å²) in [4.78, 5) is 25.8. The van der Waals surface area contributed by atoms with Gasteiger partial charge < -0.3 is 4.90 Å². The van der Waals surface area contributed by atoms with E-state index in [1.165, 1.54) is 12.1 Å². The molecule has 2 bridgehead atoms. The Morgan fingerprint density at radius 1 is 1.00 bits per heavy atom. The van der Waals surface area contributed by atoms with Crippen molar-refractivity contribution in [2.24, 2.45) is 5.92 Å². The highest BCUT2D eigenvalue weighted by molar-refractivity contribution is 6.02. The second-order valence-corrected chi connectivity index (χ2v) is 6.55. The Balaban J connectivity index is 1.72. The Hall–Kier alpha value is -2.95. The number of nitrogens with zero attached hydrogens (tertiary/aromatic N) is 2. The summed E-state index contributed by atoms with van der Waals surface area (Å²) in [6.07, 6.45) is 6.30. The molecule has 3 atom stereocenters. The van der Waals surface area contributed by atoms with Crippen molar-refractivity contribution in [3.8, 4) is 0 Å². The summed E-state index contributed by atoms with van der Waals surface area (Å²) in [5, 5.41) is 10.9. The maximum Gasteiger partial charge on any atom is 0.269 e. The number of anilines is 1. The van der Waals surface area contributed by atoms with Crippen LogP contribution in [0.2, 0.25) is 0 Å². The predicted molar refractivity (Wildman–Crippen MR) is 95.8 cm³/mol. The zero-order chi connectivity index (χ0) is 17.4. The number of non-ortho nitro benzene ring substituents is 1. The Labute approximate surface area is 145 Å². The van der Waals surface area contributed by atoms with Crippen LogP contribution in [0.1, 0.15) is 23.2 Å². The molecule has 2 aromatic carbocycles. The highest BCUT2D eigenvalue weighted by Crippen LogP contribution is 2.39. The van der Waals surface area contributed by atoms with Crippen LogP contribution in [0.4, 0.5) is 11.4 Å². The molecule has 2 heterocycles. The third kappa shape index (κ3) is 2.71. The van der Waals surface area contributed by atoms with E-state index in [-0.39, 0.29) is 29.5 Å². The van der Waals surface area contributed by atoms with Crippen LogP contribution in [0.5, 0.6) is 0 Å². The first-order valence-electron chi connectivity index (χ1n) is 8.45. The standard InChI is InChI=1S/C20H18N2O3/c23-20(15-4-2-1-3-5-15)19-14-6-8-16(9-7-14)21(19)17-10-12-18(13-11-17)22(24)25/h1-6,8,10-14,16,19H,7,9H2/t14-,16+,19+/m0/s1. The van der Waals surface area contributed by atoms with Crippen molar-refractivity contribution < 1.29 is 9.72 Å². The molecule has 0 N–H and O–H groups in total. The number of hydrogen-bond donors (Lipinski definition) is 0. The number of piperidine rings is 1. The molecule has 5 nitrogen and oxygen atoms in total. The van der Waals surface area contributed by atoms with E-state index in [9.17, 15) is 14.9 Å². The lowest BCUT2D eigenvalue weighted by molar-refractivity contribution is -0.384. The van der Waals surface area contributed by atoms with Gasteiger partial charge in [0.1, 0.15) is 0 Å². The summed E-state index contributed by atoms with van der Waals surface area (Å²) in [5.41, 5.74) is 1.63. The summed E-state index contributed by atoms with van der Waals surface area (Å²) >= 11 is 0. The van der Waals surface area contributed by atoms with E-state index in [1.54, 1.807) is 12.1 Å². The van der Waals surface area contributed by atoms with Gasteiger partial charge in [-0.3, -0.25) is 14.9 Å². The minimum absolute atomic E-state index is 0.0624. The van der Waals surface area contributed by atoms with Gasteiger partial charge in [0.2, 0.25) is 0 Å². The van der Waals surface area contributed by atoms with Crippen molar-refractivity contribution in [1.82, 2.24) is 0 Å². The van der Waals surface area contributed by atoms with Gasteiger partial charge in [-0.05, 0) is 25.0 Å². The molecule has 2 aliphatic heterocycles. The smallest absolute Gasteiger partial charge is 0.269 e. The van der Waals surface area contributed by atoms with Crippen molar-refractivity contribution >= 4 is 17.2 Å². The second-order valence-electron chi connectivity index (χ2n) is 6.55. The van der Waals surface area contributed by atoms with Gasteiger partial charge in [0, 0.05) is 35.3 Å². The predicted octanol–water partition coefficient (Wildman–Crippen LogP) is 4.00. The largest absolute Gasteiger partial charge is 0.354 e. The van der Waals surface area contributed by atoms with Crippen molar-refractivity contribution in [2.75, 3.05) is 4.90 Å². The van der Waals surface area contributed by atoms with E-state index in [0.29, 0.717) is 5.56 Å². The molecule has 5 heteroatoms. The number of benzene rings is 2. The van der Waals surface area contributed by atoms with Crippen molar-refractivity contribution in [3.63, 3.8) is 0 Å². The summed E-state index contributed by atoms with van der Waals surface area (Å²) < 4.78 is 0. The van der Waals surface area contributed by atoms with Gasteiger partial charge in [-0.15, -0.1) is 0 Å². The molecular weight excluding hydrogens is 316 g/mol. The quantitative estimate of drug-likeness (QED) is 0.367. The van der Waals surface area contributed by atoms with Crippen LogP contribution in [-0.4, -0.2) is 22.8 Å². The van der Waals surface area contributed by atoms with Crippen LogP contribution in [0.3, 0.4) is 0 Å². The van der Waals surface area contributed by atoms with Crippen LogP contribution in [0.15, 0.2) is 66.7 Å². The van der Waals surface area contributed by atoms with Crippen LogP contribution in [0.25, 0.3) is 0 Å². The van der Waals surface area contributed by atoms with E-state index in [4.69, 9.17) is 0 Å². The van der Waals surface area contributed by atoms with Crippen LogP contribution in [0, 0.1) is 16.0 Å². The summed E-state index contributed by atoms with van der Waals surface area (Å²) in [6, 6.07) is 15.8. The first kappa shape index (κ1) is 15.6. The Kier molecular flexibility index (Phi) is 3.84. The van der Waals surface area contributed by atoms with Gasteiger partial charge >= 0.3 is 0 Å². The van der Waals surface area contributed by atoms with E-state index in [1.807, 2.05) is 30.3 Å². The molecule has 0 aromatic heterocycles. The van der Waals surface area contributed by atoms with Gasteiger partial charge in [-0.25, -0.2) is 0 Å². The fraction of sp³-hybridized carbons (Fsp3) is 0.250. The first-order chi connectivity index (χ1) is 12.1. The van der Waals surface area contributed by atoms with E-state index in [0.717, 1.165) is 18.5 Å². The molecule has 2 aromatic rings. The number of Topliss-reactive ketones (excluding diaryl/α,β-unsaturated/α-hetero) is 1. The average Bonchev–Trinajstić information content (AvgIpc) is 2.68. The molecule has 0 saturated carbocycles. The number of hydrogen-bond acceptors (Lipinski definition) is 4. The molecular formula is C20H18N2O3. The lowest BCUT2D eigenvalue weighted by atomic mass is 9.76. The molecule has 126 valence electrons. The second kappa shape index (κ2) is 6.16. The zero-order valence-electron chi connectivity index (χ0n) is 13.6. The fourth-order valence-electron chi connectivity index (χ4n) is 3.93. The summed E-state index contributed by atoms with van der Waals surface area (Å²) in [5.74, 6) is 0.283. The normalized spacial score (nSPS) is 24.3. The lowest BCUT2D eigenvalue weighted by Crippen LogP contribution is -2.56. The van der Waals surface area contributed by atoms with Gasteiger partial charge in [0.05, 0.1) is 11.0 Å². The molecule has 0 unspecified atom stereocenters. The van der Waals surface area contributed by atoms with E-state index < -0.39 is 4.92 Å². The van der Waals surface area contributed by atoms with Crippen molar-refractivity contribution in [2.45, 2.75) is 24.9 Å². The number of nitro benzene ring substituents is 1. The summed E-state index contributed by atoms with van der Waals surface area (Å²) in [7, 11) is 0. The SMILES string of the molecule is O=C(c1ccccc1)[C@H]1[C@H]2C=C[C@H](CC2)N1c1ccc([N+](=O)[O-])cc1. The molecule has 0 amide bonds. The number of ketones is 1. The number of nitro groups is 1. The molecule has 1 fully saturated rings. The van der Waals surface area contributed by atoms with Gasteiger partial charge in [0.25, 0.3) is 5.69 Å². The first-order valence-corrected chi connectivity index (χ1v) is 8.45. The van der Waals surface area contributed by atoms with Crippen LogP contribution >= 0.6 is 0 Å². The van der Waals surface area contributed by atoms with Crippen molar-refractivity contribution in [1.29, 1.82) is 0 Å². The van der Waals surface area contributed by atoms with Gasteiger partial charge in [-0.2, -0.15) is 0 Å². The molecule has 3 aliphatic rings. The van der Waals surface area contributed by atoms with Crippen LogP contribution in [-0.2, 0) is 0 Å². The maximum atomic E-state index is 13.2. The van der Waals surface area contributed by atoms with Crippen molar-refractivity contribution in [3.05, 3.63) is 82.4 Å². The molecule has 25 heavy (non-hydrogen) atoms. The minimum atomic E-state index is -0.404. The van der Waals surface area contributed by atoms with Crippen LogP contribution < -0.4 is 4.90 Å². The lowest BCUT2D eigenvalue weighted by Gasteiger charge is -2.48. The topological polar surface area (TPSA) is 63.5 Å². The third-order valence-corrected chi connectivity index (χ3v) is 5.12. The maximum absolute atomic E-state index is 13.2. The Bertz CT molecular complexity index is 830. The van der Waals surface area contributed by atoms with Gasteiger partial charge in [0.15, 0.2) is 5.78 Å². The Morgan fingerprint density at radius 3 is 2.32 bits per heavy atom. The average molecular weight is 334 g/mol. The monoisotopic (exact) mass is 334 g/mol. The number of carbonyl (C=O) groups excluding carboxylic acids is 1. The van der Waals surface area contributed by atoms with E-state index >= 15 is 0 Å². The zero-order valence-corrected chi connectivity index (χ0v) is 13.6. The summed E-state index contributed by atoms with van der Waals surface area (Å²) in [6.45, 7) is 0. The highest BCUT2D eigenvalue weighted by Gasteiger charge is 2.42. The molecule has 5 rings (SSSR count). The van der Waals surface area contributed by atoms with E-state index in [2.05, 4.69) is 17.1 Å². The highest BCUT2D eigenvalue weighted by atomic mass is 16.6. The minimum Gasteiger partial charge on any atom is -0.354 e. The number of rotatable bonds is 4. The molecule has 0 radical (unpaired) electrons. The fourth-order valence-corrected chi connectivity index (χ4v) is 3.93. The molecule has 1 aliphatic carbocycles. The molecule has 1 saturated heterocycles. The van der Waals surface area contributed by atoms with Gasteiger partial charge in [-0.1, -0.05) is 42.5 Å². The number of fused-ring (bicyclic) bond motifs is 2. The number of carbonyl (C=O) groups is 1. The third-order valence-electron chi connectivity index (χ3n) is 5.12. The molecule has 0 spiro atoms.